The van der Waals surface area contributed by atoms with Crippen LogP contribution in [0.15, 0.2) is 12.1 Å². The van der Waals surface area contributed by atoms with Gasteiger partial charge in [0.25, 0.3) is 0 Å². The molecule has 1 fully saturated rings. The van der Waals surface area contributed by atoms with Crippen molar-refractivity contribution >= 4 is 12.9 Å². The van der Waals surface area contributed by atoms with Crippen molar-refractivity contribution in [2.45, 2.75) is 26.1 Å². The molecule has 2 N–H and O–H groups in total. The number of hydrogen-bond donors (Lipinski definition) is 2. The Kier molecular flexibility index (Phi) is 4.78. The predicted octanol–water partition coefficient (Wildman–Crippen LogP) is 0.723. The Hall–Kier alpha value is -1.11. The minimum atomic E-state index is -0.478. The molecule has 0 unspecified atom stereocenters. The molecule has 0 radical (unpaired) electrons. The molecule has 114 valence electrons. The number of aromatic nitrogens is 1. The SMILES string of the molecule is CB(O)N1CCCc2ccc(CCOCC3CNC3)nc21. The van der Waals surface area contributed by atoms with Crippen molar-refractivity contribution in [3.63, 3.8) is 0 Å². The van der Waals surface area contributed by atoms with Crippen molar-refractivity contribution in [2.75, 3.05) is 37.7 Å². The third kappa shape index (κ3) is 3.57. The van der Waals surface area contributed by atoms with Crippen LogP contribution in [0.25, 0.3) is 0 Å². The van der Waals surface area contributed by atoms with E-state index in [1.165, 1.54) is 5.56 Å². The highest BCUT2D eigenvalue weighted by Crippen LogP contribution is 2.25. The van der Waals surface area contributed by atoms with E-state index in [0.29, 0.717) is 5.92 Å². The number of aryl methyl sites for hydroxylation is 1. The van der Waals surface area contributed by atoms with E-state index in [0.717, 1.165) is 63.6 Å². The monoisotopic (exact) mass is 289 g/mol. The molecule has 0 bridgehead atoms. The molecule has 3 heterocycles. The zero-order valence-electron chi connectivity index (χ0n) is 12.7. The number of nitrogens with zero attached hydrogens (tertiary/aromatic N) is 2. The predicted molar refractivity (Wildman–Crippen MR) is 84.6 cm³/mol. The summed E-state index contributed by atoms with van der Waals surface area (Å²) in [5, 5.41) is 13.1. The minimum Gasteiger partial charge on any atom is -0.432 e. The second kappa shape index (κ2) is 6.77. The molecule has 0 aliphatic carbocycles. The van der Waals surface area contributed by atoms with E-state index < -0.39 is 7.05 Å². The third-order valence-electron chi connectivity index (χ3n) is 4.30. The second-order valence-corrected chi connectivity index (χ2v) is 6.06. The van der Waals surface area contributed by atoms with E-state index in [1.54, 1.807) is 6.82 Å². The molecule has 1 aromatic rings. The van der Waals surface area contributed by atoms with Gasteiger partial charge < -0.3 is 19.9 Å². The number of rotatable bonds is 6. The molecule has 1 saturated heterocycles. The first-order valence-corrected chi connectivity index (χ1v) is 7.96. The Labute approximate surface area is 126 Å². The summed E-state index contributed by atoms with van der Waals surface area (Å²) >= 11 is 0. The van der Waals surface area contributed by atoms with Crippen LogP contribution in [-0.4, -0.2) is 49.9 Å². The van der Waals surface area contributed by atoms with Gasteiger partial charge in [-0.3, -0.25) is 0 Å². The second-order valence-electron chi connectivity index (χ2n) is 6.06. The molecule has 2 aliphatic rings. The number of anilines is 1. The fourth-order valence-electron chi connectivity index (χ4n) is 2.90. The number of pyridine rings is 1. The maximum Gasteiger partial charge on any atom is 0.410 e. The van der Waals surface area contributed by atoms with Crippen molar-refractivity contribution in [3.8, 4) is 0 Å². The van der Waals surface area contributed by atoms with E-state index in [-0.39, 0.29) is 0 Å². The van der Waals surface area contributed by atoms with Gasteiger partial charge in [-0.1, -0.05) is 6.07 Å². The molecule has 21 heavy (non-hydrogen) atoms. The fourth-order valence-corrected chi connectivity index (χ4v) is 2.90. The van der Waals surface area contributed by atoms with Gasteiger partial charge in [-0.05, 0) is 31.3 Å². The number of fused-ring (bicyclic) bond motifs is 1. The van der Waals surface area contributed by atoms with E-state index in [2.05, 4.69) is 17.4 Å². The molecule has 0 saturated carbocycles. The lowest BCUT2D eigenvalue weighted by Crippen LogP contribution is -2.44. The maximum atomic E-state index is 9.88. The van der Waals surface area contributed by atoms with Crippen molar-refractivity contribution in [3.05, 3.63) is 23.4 Å². The van der Waals surface area contributed by atoms with E-state index in [1.807, 2.05) is 4.81 Å². The average Bonchev–Trinajstić information content (AvgIpc) is 2.44. The highest BCUT2D eigenvalue weighted by atomic mass is 16.5. The Morgan fingerprint density at radius 3 is 3.05 bits per heavy atom. The summed E-state index contributed by atoms with van der Waals surface area (Å²) in [5.74, 6) is 1.64. The molecule has 5 nitrogen and oxygen atoms in total. The van der Waals surface area contributed by atoms with Gasteiger partial charge in [0.1, 0.15) is 5.82 Å². The molecule has 0 aromatic carbocycles. The van der Waals surface area contributed by atoms with Crippen LogP contribution in [-0.2, 0) is 17.6 Å². The Morgan fingerprint density at radius 2 is 2.33 bits per heavy atom. The molecule has 1 aromatic heterocycles. The van der Waals surface area contributed by atoms with E-state index >= 15 is 0 Å². The number of nitrogens with one attached hydrogen (secondary N) is 1. The summed E-state index contributed by atoms with van der Waals surface area (Å²) in [6, 6.07) is 4.25. The van der Waals surface area contributed by atoms with E-state index in [4.69, 9.17) is 9.72 Å². The zero-order chi connectivity index (χ0) is 14.7. The summed E-state index contributed by atoms with van der Waals surface area (Å²) in [5.41, 5.74) is 2.29. The lowest BCUT2D eigenvalue weighted by atomic mass is 9.82. The van der Waals surface area contributed by atoms with Gasteiger partial charge in [-0.2, -0.15) is 0 Å². The summed E-state index contributed by atoms with van der Waals surface area (Å²) in [4.78, 5) is 6.73. The van der Waals surface area contributed by atoms with Crippen molar-refractivity contribution in [2.24, 2.45) is 5.92 Å². The molecular formula is C15H24BN3O2. The molecule has 2 aliphatic heterocycles. The standard InChI is InChI=1S/C15H24BN3O2/c1-16(20)19-7-2-3-13-4-5-14(18-15(13)19)6-8-21-11-12-9-17-10-12/h4-5,12,17,20H,2-3,6-11H2,1H3. The van der Waals surface area contributed by atoms with Crippen LogP contribution in [0.4, 0.5) is 5.82 Å². The van der Waals surface area contributed by atoms with Gasteiger partial charge >= 0.3 is 7.05 Å². The maximum absolute atomic E-state index is 9.88. The van der Waals surface area contributed by atoms with Crippen LogP contribution in [0.2, 0.25) is 6.82 Å². The van der Waals surface area contributed by atoms with Crippen LogP contribution >= 0.6 is 0 Å². The smallest absolute Gasteiger partial charge is 0.410 e. The first-order chi connectivity index (χ1) is 10.2. The summed E-state index contributed by atoms with van der Waals surface area (Å²) in [6.07, 6.45) is 2.97. The van der Waals surface area contributed by atoms with Gasteiger partial charge in [0, 0.05) is 37.7 Å². The van der Waals surface area contributed by atoms with Gasteiger partial charge in [0.2, 0.25) is 0 Å². The van der Waals surface area contributed by atoms with Crippen LogP contribution in [0.3, 0.4) is 0 Å². The quantitative estimate of drug-likeness (QED) is 0.597. The Balaban J connectivity index is 1.57. The average molecular weight is 289 g/mol. The van der Waals surface area contributed by atoms with E-state index in [9.17, 15) is 5.02 Å². The molecule has 6 heteroatoms. The van der Waals surface area contributed by atoms with Crippen molar-refractivity contribution in [1.29, 1.82) is 0 Å². The third-order valence-corrected chi connectivity index (χ3v) is 4.30. The van der Waals surface area contributed by atoms with Gasteiger partial charge in [0.05, 0.1) is 13.2 Å². The van der Waals surface area contributed by atoms with Crippen LogP contribution in [0.5, 0.6) is 0 Å². The fraction of sp³-hybridized carbons (Fsp3) is 0.667. The van der Waals surface area contributed by atoms with Crippen LogP contribution in [0.1, 0.15) is 17.7 Å². The lowest BCUT2D eigenvalue weighted by molar-refractivity contribution is 0.0818. The largest absolute Gasteiger partial charge is 0.432 e. The first-order valence-electron chi connectivity index (χ1n) is 7.96. The minimum absolute atomic E-state index is 0.478. The highest BCUT2D eigenvalue weighted by Gasteiger charge is 2.24. The molecule has 0 spiro atoms. The lowest BCUT2D eigenvalue weighted by Gasteiger charge is -2.31. The topological polar surface area (TPSA) is 57.6 Å². The van der Waals surface area contributed by atoms with Gasteiger partial charge in [0.15, 0.2) is 0 Å². The summed E-state index contributed by atoms with van der Waals surface area (Å²) in [6.45, 7) is 6.42. The molecule has 0 atom stereocenters. The first kappa shape index (κ1) is 14.8. The Morgan fingerprint density at radius 1 is 1.48 bits per heavy atom. The number of hydrogen-bond acceptors (Lipinski definition) is 5. The summed E-state index contributed by atoms with van der Waals surface area (Å²) in [7, 11) is -0.478. The van der Waals surface area contributed by atoms with Gasteiger partial charge in [-0.25, -0.2) is 4.98 Å². The molecule has 3 rings (SSSR count). The molecular weight excluding hydrogens is 265 g/mol. The van der Waals surface area contributed by atoms with Crippen molar-refractivity contribution in [1.82, 2.24) is 10.3 Å². The normalized spacial score (nSPS) is 18.3. The van der Waals surface area contributed by atoms with Crippen LogP contribution < -0.4 is 10.1 Å². The van der Waals surface area contributed by atoms with Crippen LogP contribution in [0, 0.1) is 5.92 Å². The number of ether oxygens (including phenoxy) is 1. The van der Waals surface area contributed by atoms with Gasteiger partial charge in [-0.15, -0.1) is 0 Å². The Bertz CT molecular complexity index is 480. The highest BCUT2D eigenvalue weighted by molar-refractivity contribution is 6.53. The van der Waals surface area contributed by atoms with Crippen molar-refractivity contribution < 1.29 is 9.76 Å². The zero-order valence-corrected chi connectivity index (χ0v) is 12.7. The molecule has 0 amide bonds. The summed E-state index contributed by atoms with van der Waals surface area (Å²) < 4.78 is 5.72.